The minimum Gasteiger partial charge on any atom is -0.469 e. The quantitative estimate of drug-likeness (QED) is 0.920. The Balaban J connectivity index is 1.68. The van der Waals surface area contributed by atoms with Crippen molar-refractivity contribution >= 4 is 6.09 Å². The van der Waals surface area contributed by atoms with Gasteiger partial charge in [0.15, 0.2) is 0 Å². The van der Waals surface area contributed by atoms with Crippen molar-refractivity contribution in [3.63, 3.8) is 0 Å². The lowest BCUT2D eigenvalue weighted by molar-refractivity contribution is 0.0291. The van der Waals surface area contributed by atoms with Crippen LogP contribution < -0.4 is 5.32 Å². The van der Waals surface area contributed by atoms with E-state index in [0.29, 0.717) is 12.6 Å². The molecule has 0 aromatic carbocycles. The molecule has 1 aliphatic heterocycles. The van der Waals surface area contributed by atoms with Crippen molar-refractivity contribution in [3.05, 3.63) is 24.2 Å². The maximum absolute atomic E-state index is 11.9. The van der Waals surface area contributed by atoms with Gasteiger partial charge in [-0.1, -0.05) is 0 Å². The molecule has 1 aromatic heterocycles. The van der Waals surface area contributed by atoms with Gasteiger partial charge in [0.05, 0.1) is 6.26 Å². The van der Waals surface area contributed by atoms with Crippen molar-refractivity contribution in [2.75, 3.05) is 19.6 Å². The average molecular weight is 280 g/mol. The van der Waals surface area contributed by atoms with Gasteiger partial charge in [-0.05, 0) is 39.3 Å². The van der Waals surface area contributed by atoms with Gasteiger partial charge in [0.25, 0.3) is 0 Å². The highest BCUT2D eigenvalue weighted by atomic mass is 16.6. The summed E-state index contributed by atoms with van der Waals surface area (Å²) in [7, 11) is 0. The Morgan fingerprint density at radius 3 is 3.00 bits per heavy atom. The van der Waals surface area contributed by atoms with Crippen LogP contribution in [-0.2, 0) is 11.2 Å². The molecule has 5 nitrogen and oxygen atoms in total. The van der Waals surface area contributed by atoms with E-state index in [0.717, 1.165) is 31.7 Å². The van der Waals surface area contributed by atoms with E-state index in [2.05, 4.69) is 5.32 Å². The lowest BCUT2D eigenvalue weighted by Crippen LogP contribution is -2.38. The number of likely N-dealkylation sites (tertiary alicyclic amines) is 1. The SMILES string of the molecule is CC(C)(C)OC(=O)N1CCC(NCCc2ccco2)C1. The fourth-order valence-electron chi connectivity index (χ4n) is 2.27. The lowest BCUT2D eigenvalue weighted by Gasteiger charge is -2.24. The molecule has 2 rings (SSSR count). The summed E-state index contributed by atoms with van der Waals surface area (Å²) in [6, 6.07) is 4.22. The number of nitrogens with one attached hydrogen (secondary N) is 1. The molecule has 1 atom stereocenters. The number of rotatable bonds is 4. The third-order valence-electron chi connectivity index (χ3n) is 3.22. The van der Waals surface area contributed by atoms with E-state index < -0.39 is 5.60 Å². The van der Waals surface area contributed by atoms with Crippen molar-refractivity contribution < 1.29 is 13.9 Å². The zero-order valence-electron chi connectivity index (χ0n) is 12.5. The molecule has 1 saturated heterocycles. The Kier molecular flexibility index (Phi) is 4.70. The van der Waals surface area contributed by atoms with Crippen LogP contribution in [0.5, 0.6) is 0 Å². The van der Waals surface area contributed by atoms with E-state index in [1.807, 2.05) is 32.9 Å². The molecule has 1 amide bonds. The van der Waals surface area contributed by atoms with Gasteiger partial charge >= 0.3 is 6.09 Å². The summed E-state index contributed by atoms with van der Waals surface area (Å²) in [4.78, 5) is 13.7. The fraction of sp³-hybridized carbons (Fsp3) is 0.667. The summed E-state index contributed by atoms with van der Waals surface area (Å²) in [5.41, 5.74) is -0.429. The first kappa shape index (κ1) is 14.9. The molecule has 0 saturated carbocycles. The van der Waals surface area contributed by atoms with Crippen LogP contribution in [0.15, 0.2) is 22.8 Å². The second-order valence-corrected chi connectivity index (χ2v) is 6.20. The van der Waals surface area contributed by atoms with E-state index in [4.69, 9.17) is 9.15 Å². The largest absolute Gasteiger partial charge is 0.469 e. The Labute approximate surface area is 120 Å². The molecule has 1 aromatic rings. The molecule has 0 bridgehead atoms. The Morgan fingerprint density at radius 1 is 1.55 bits per heavy atom. The molecule has 2 heterocycles. The van der Waals surface area contributed by atoms with Gasteiger partial charge in [-0.15, -0.1) is 0 Å². The first-order chi connectivity index (χ1) is 9.44. The first-order valence-corrected chi connectivity index (χ1v) is 7.18. The maximum Gasteiger partial charge on any atom is 0.410 e. The molecular weight excluding hydrogens is 256 g/mol. The zero-order chi connectivity index (χ0) is 14.6. The van der Waals surface area contributed by atoms with Gasteiger partial charge in [0.1, 0.15) is 11.4 Å². The molecule has 112 valence electrons. The number of carbonyl (C=O) groups is 1. The van der Waals surface area contributed by atoms with Crippen LogP contribution >= 0.6 is 0 Å². The van der Waals surface area contributed by atoms with Crippen LogP contribution in [0.1, 0.15) is 33.0 Å². The molecule has 0 spiro atoms. The van der Waals surface area contributed by atoms with Crippen LogP contribution in [0.25, 0.3) is 0 Å². The second-order valence-electron chi connectivity index (χ2n) is 6.20. The van der Waals surface area contributed by atoms with E-state index in [1.165, 1.54) is 0 Å². The number of nitrogens with zero attached hydrogens (tertiary/aromatic N) is 1. The second kappa shape index (κ2) is 6.31. The molecule has 1 unspecified atom stereocenters. The number of hydrogen-bond acceptors (Lipinski definition) is 4. The summed E-state index contributed by atoms with van der Waals surface area (Å²) in [6.07, 6.45) is 3.32. The number of furan rings is 1. The van der Waals surface area contributed by atoms with Gasteiger partial charge in [0.2, 0.25) is 0 Å². The molecule has 0 aliphatic carbocycles. The normalized spacial score (nSPS) is 19.4. The van der Waals surface area contributed by atoms with Gasteiger partial charge in [-0.2, -0.15) is 0 Å². The highest BCUT2D eigenvalue weighted by Crippen LogP contribution is 2.15. The molecule has 1 N–H and O–H groups in total. The highest BCUT2D eigenvalue weighted by molar-refractivity contribution is 5.68. The van der Waals surface area contributed by atoms with Crippen LogP contribution in [0.4, 0.5) is 4.79 Å². The number of hydrogen-bond donors (Lipinski definition) is 1. The summed E-state index contributed by atoms with van der Waals surface area (Å²) in [5, 5.41) is 3.46. The number of ether oxygens (including phenoxy) is 1. The summed E-state index contributed by atoms with van der Waals surface area (Å²) >= 11 is 0. The predicted molar refractivity (Wildman–Crippen MR) is 76.6 cm³/mol. The smallest absolute Gasteiger partial charge is 0.410 e. The third-order valence-corrected chi connectivity index (χ3v) is 3.22. The first-order valence-electron chi connectivity index (χ1n) is 7.18. The van der Waals surface area contributed by atoms with E-state index in [9.17, 15) is 4.79 Å². The van der Waals surface area contributed by atoms with Gasteiger partial charge in [-0.25, -0.2) is 4.79 Å². The van der Waals surface area contributed by atoms with Crippen molar-refractivity contribution in [2.45, 2.75) is 45.3 Å². The molecule has 5 heteroatoms. The zero-order valence-corrected chi connectivity index (χ0v) is 12.5. The molecule has 1 aliphatic rings. The maximum atomic E-state index is 11.9. The fourth-order valence-corrected chi connectivity index (χ4v) is 2.27. The van der Waals surface area contributed by atoms with Crippen molar-refractivity contribution in [1.82, 2.24) is 10.2 Å². The molecule has 20 heavy (non-hydrogen) atoms. The van der Waals surface area contributed by atoms with Gasteiger partial charge in [0, 0.05) is 32.1 Å². The molecule has 0 radical (unpaired) electrons. The minimum absolute atomic E-state index is 0.215. The molecule has 1 fully saturated rings. The Hall–Kier alpha value is -1.49. The van der Waals surface area contributed by atoms with E-state index in [1.54, 1.807) is 11.2 Å². The topological polar surface area (TPSA) is 54.7 Å². The minimum atomic E-state index is -0.429. The van der Waals surface area contributed by atoms with Crippen LogP contribution in [0.3, 0.4) is 0 Å². The van der Waals surface area contributed by atoms with E-state index in [-0.39, 0.29) is 6.09 Å². The summed E-state index contributed by atoms with van der Waals surface area (Å²) < 4.78 is 10.7. The number of carbonyl (C=O) groups excluding carboxylic acids is 1. The highest BCUT2D eigenvalue weighted by Gasteiger charge is 2.29. The predicted octanol–water partition coefficient (Wildman–Crippen LogP) is 2.42. The molecular formula is C15H24N2O3. The summed E-state index contributed by atoms with van der Waals surface area (Å²) in [5.74, 6) is 0.986. The summed E-state index contributed by atoms with van der Waals surface area (Å²) in [6.45, 7) is 8.00. The lowest BCUT2D eigenvalue weighted by atomic mass is 10.2. The Morgan fingerprint density at radius 2 is 2.35 bits per heavy atom. The van der Waals surface area contributed by atoms with Crippen molar-refractivity contribution in [3.8, 4) is 0 Å². The standard InChI is InChI=1S/C15H24N2O3/c1-15(2,3)20-14(18)17-9-7-12(11-17)16-8-6-13-5-4-10-19-13/h4-5,10,12,16H,6-9,11H2,1-3H3. The average Bonchev–Trinajstić information content (AvgIpc) is 2.97. The van der Waals surface area contributed by atoms with Gasteiger partial charge in [-0.3, -0.25) is 0 Å². The monoisotopic (exact) mass is 280 g/mol. The third kappa shape index (κ3) is 4.56. The van der Waals surface area contributed by atoms with Gasteiger partial charge < -0.3 is 19.4 Å². The van der Waals surface area contributed by atoms with Crippen molar-refractivity contribution in [2.24, 2.45) is 0 Å². The van der Waals surface area contributed by atoms with Crippen LogP contribution in [-0.4, -0.2) is 42.3 Å². The van der Waals surface area contributed by atoms with Crippen LogP contribution in [0, 0.1) is 0 Å². The van der Waals surface area contributed by atoms with Crippen molar-refractivity contribution in [1.29, 1.82) is 0 Å². The number of amides is 1. The van der Waals surface area contributed by atoms with Crippen LogP contribution in [0.2, 0.25) is 0 Å². The Bertz CT molecular complexity index is 423. The van der Waals surface area contributed by atoms with E-state index >= 15 is 0 Å².